The lowest BCUT2D eigenvalue weighted by Gasteiger charge is -2.09. The Morgan fingerprint density at radius 3 is 2.71 bits per heavy atom. The summed E-state index contributed by atoms with van der Waals surface area (Å²) in [6, 6.07) is 3.23. The zero-order valence-electron chi connectivity index (χ0n) is 13.7. The summed E-state index contributed by atoms with van der Waals surface area (Å²) in [5.41, 5.74) is 3.31. The summed E-state index contributed by atoms with van der Waals surface area (Å²) in [7, 11) is 2.92. The van der Waals surface area contributed by atoms with Crippen LogP contribution in [0.2, 0.25) is 0 Å². The molecule has 8 nitrogen and oxygen atoms in total. The molecule has 1 rings (SSSR count). The number of allylic oxidation sites excluding steroid dienone is 1. The van der Waals surface area contributed by atoms with Gasteiger partial charge in [-0.25, -0.2) is 5.43 Å². The molecule has 0 aromatic heterocycles. The molecule has 0 aliphatic rings. The normalized spacial score (nSPS) is 10.4. The number of amides is 2. The van der Waals surface area contributed by atoms with E-state index in [0.717, 1.165) is 0 Å². The van der Waals surface area contributed by atoms with E-state index < -0.39 is 11.8 Å². The number of carbonyl (C=O) groups excluding carboxylic acids is 2. The van der Waals surface area contributed by atoms with Crippen molar-refractivity contribution in [2.45, 2.75) is 6.42 Å². The molecule has 0 fully saturated rings. The minimum absolute atomic E-state index is 0.0242. The van der Waals surface area contributed by atoms with Gasteiger partial charge in [-0.1, -0.05) is 6.08 Å². The maximum atomic E-state index is 11.5. The SMILES string of the molecule is C=CCc1cc(/C=N/NC(=O)C(=O)NCCOC)cc(OC)c1O. The van der Waals surface area contributed by atoms with Crippen LogP contribution in [-0.2, 0) is 20.7 Å². The number of carbonyl (C=O) groups is 2. The number of aromatic hydroxyl groups is 1. The Morgan fingerprint density at radius 2 is 2.08 bits per heavy atom. The maximum absolute atomic E-state index is 11.5. The summed E-state index contributed by atoms with van der Waals surface area (Å²) >= 11 is 0. The number of nitrogens with zero attached hydrogens (tertiary/aromatic N) is 1. The summed E-state index contributed by atoms with van der Waals surface area (Å²) in [5.74, 6) is -1.39. The van der Waals surface area contributed by atoms with Crippen LogP contribution in [0.1, 0.15) is 11.1 Å². The molecule has 24 heavy (non-hydrogen) atoms. The summed E-state index contributed by atoms with van der Waals surface area (Å²) in [5, 5.41) is 16.1. The molecule has 0 aliphatic heterocycles. The van der Waals surface area contributed by atoms with E-state index in [1.165, 1.54) is 20.4 Å². The van der Waals surface area contributed by atoms with Gasteiger partial charge in [0.15, 0.2) is 11.5 Å². The van der Waals surface area contributed by atoms with Crippen molar-refractivity contribution in [3.63, 3.8) is 0 Å². The number of phenols is 1. The van der Waals surface area contributed by atoms with E-state index in [1.54, 1.807) is 18.2 Å². The van der Waals surface area contributed by atoms with Gasteiger partial charge in [0.2, 0.25) is 0 Å². The van der Waals surface area contributed by atoms with Gasteiger partial charge in [-0.05, 0) is 24.1 Å². The standard InChI is InChI=1S/C16H21N3O5/c1-4-5-12-8-11(9-13(24-3)14(12)20)10-18-19-16(22)15(21)17-6-7-23-2/h4,8-10,20H,1,5-7H2,2-3H3,(H,17,21)(H,19,22)/b18-10+. The van der Waals surface area contributed by atoms with E-state index >= 15 is 0 Å². The summed E-state index contributed by atoms with van der Waals surface area (Å²) in [6.07, 6.45) is 3.43. The predicted octanol–water partition coefficient (Wildman–Crippen LogP) is 0.342. The van der Waals surface area contributed by atoms with Crippen molar-refractivity contribution in [1.82, 2.24) is 10.7 Å². The van der Waals surface area contributed by atoms with Crippen LogP contribution in [-0.4, -0.2) is 50.5 Å². The highest BCUT2D eigenvalue weighted by Crippen LogP contribution is 2.31. The van der Waals surface area contributed by atoms with E-state index in [9.17, 15) is 14.7 Å². The molecule has 8 heteroatoms. The second-order valence-corrected chi connectivity index (χ2v) is 4.67. The minimum Gasteiger partial charge on any atom is -0.504 e. The molecule has 0 spiro atoms. The average molecular weight is 335 g/mol. The lowest BCUT2D eigenvalue weighted by atomic mass is 10.1. The van der Waals surface area contributed by atoms with Crippen molar-refractivity contribution in [2.75, 3.05) is 27.4 Å². The number of phenolic OH excluding ortho intramolecular Hbond substituents is 1. The number of ether oxygens (including phenoxy) is 2. The predicted molar refractivity (Wildman–Crippen MR) is 89.2 cm³/mol. The Morgan fingerprint density at radius 1 is 1.33 bits per heavy atom. The van der Waals surface area contributed by atoms with Crippen LogP contribution in [0.15, 0.2) is 29.9 Å². The smallest absolute Gasteiger partial charge is 0.329 e. The molecule has 0 heterocycles. The Hall–Kier alpha value is -2.87. The van der Waals surface area contributed by atoms with Crippen molar-refractivity contribution < 1.29 is 24.2 Å². The lowest BCUT2D eigenvalue weighted by Crippen LogP contribution is -2.39. The third-order valence-corrected chi connectivity index (χ3v) is 2.94. The number of hydrazone groups is 1. The Balaban J connectivity index is 2.73. The van der Waals surface area contributed by atoms with Gasteiger partial charge in [0.25, 0.3) is 0 Å². The first-order valence-electron chi connectivity index (χ1n) is 7.14. The highest BCUT2D eigenvalue weighted by molar-refractivity contribution is 6.35. The molecule has 3 N–H and O–H groups in total. The molecule has 0 radical (unpaired) electrons. The number of methoxy groups -OCH3 is 2. The number of rotatable bonds is 8. The minimum atomic E-state index is -0.889. The molecule has 0 unspecified atom stereocenters. The van der Waals surface area contributed by atoms with E-state index in [1.807, 2.05) is 0 Å². The van der Waals surface area contributed by atoms with Gasteiger partial charge in [-0.3, -0.25) is 9.59 Å². The third-order valence-electron chi connectivity index (χ3n) is 2.94. The Labute approximate surface area is 140 Å². The second kappa shape index (κ2) is 10.0. The van der Waals surface area contributed by atoms with Crippen molar-refractivity contribution >= 4 is 18.0 Å². The summed E-state index contributed by atoms with van der Waals surface area (Å²) in [4.78, 5) is 22.9. The molecular formula is C16H21N3O5. The van der Waals surface area contributed by atoms with E-state index in [2.05, 4.69) is 22.4 Å². The Kier molecular flexibility index (Phi) is 8.00. The van der Waals surface area contributed by atoms with Crippen LogP contribution >= 0.6 is 0 Å². The maximum Gasteiger partial charge on any atom is 0.329 e. The van der Waals surface area contributed by atoms with Gasteiger partial charge in [0.05, 0.1) is 19.9 Å². The van der Waals surface area contributed by atoms with E-state index in [4.69, 9.17) is 9.47 Å². The average Bonchev–Trinajstić information content (AvgIpc) is 2.57. The first-order valence-corrected chi connectivity index (χ1v) is 7.14. The monoisotopic (exact) mass is 335 g/mol. The highest BCUT2D eigenvalue weighted by Gasteiger charge is 2.12. The molecule has 0 aliphatic carbocycles. The largest absolute Gasteiger partial charge is 0.504 e. The molecular weight excluding hydrogens is 314 g/mol. The number of hydrogen-bond acceptors (Lipinski definition) is 6. The molecule has 130 valence electrons. The van der Waals surface area contributed by atoms with Gasteiger partial charge in [-0.15, -0.1) is 6.58 Å². The highest BCUT2D eigenvalue weighted by atomic mass is 16.5. The lowest BCUT2D eigenvalue weighted by molar-refractivity contribution is -0.139. The van der Waals surface area contributed by atoms with Crippen molar-refractivity contribution in [3.8, 4) is 11.5 Å². The van der Waals surface area contributed by atoms with Gasteiger partial charge in [0, 0.05) is 19.2 Å². The number of hydrogen-bond donors (Lipinski definition) is 3. The zero-order valence-corrected chi connectivity index (χ0v) is 13.7. The number of benzene rings is 1. The fourth-order valence-corrected chi connectivity index (χ4v) is 1.79. The fraction of sp³-hybridized carbons (Fsp3) is 0.312. The van der Waals surface area contributed by atoms with Crippen LogP contribution in [0, 0.1) is 0 Å². The molecule has 0 saturated heterocycles. The first-order chi connectivity index (χ1) is 11.5. The second-order valence-electron chi connectivity index (χ2n) is 4.67. The van der Waals surface area contributed by atoms with Crippen LogP contribution in [0.25, 0.3) is 0 Å². The van der Waals surface area contributed by atoms with Crippen LogP contribution in [0.5, 0.6) is 11.5 Å². The number of nitrogens with one attached hydrogen (secondary N) is 2. The molecule has 1 aromatic rings. The molecule has 0 bridgehead atoms. The van der Waals surface area contributed by atoms with E-state index in [0.29, 0.717) is 24.2 Å². The van der Waals surface area contributed by atoms with Gasteiger partial charge >= 0.3 is 11.8 Å². The van der Waals surface area contributed by atoms with Gasteiger partial charge < -0.3 is 19.9 Å². The Bertz CT molecular complexity index is 628. The topological polar surface area (TPSA) is 109 Å². The molecule has 0 saturated carbocycles. The van der Waals surface area contributed by atoms with Crippen LogP contribution < -0.4 is 15.5 Å². The van der Waals surface area contributed by atoms with Crippen molar-refractivity contribution in [2.24, 2.45) is 5.10 Å². The van der Waals surface area contributed by atoms with Crippen molar-refractivity contribution in [1.29, 1.82) is 0 Å². The zero-order chi connectivity index (χ0) is 17.9. The third kappa shape index (κ3) is 5.73. The van der Waals surface area contributed by atoms with Crippen molar-refractivity contribution in [3.05, 3.63) is 35.9 Å². The first kappa shape index (κ1) is 19.2. The van der Waals surface area contributed by atoms with Crippen LogP contribution in [0.3, 0.4) is 0 Å². The fourth-order valence-electron chi connectivity index (χ4n) is 1.79. The van der Waals surface area contributed by atoms with Gasteiger partial charge in [-0.2, -0.15) is 5.10 Å². The summed E-state index contributed by atoms with van der Waals surface area (Å²) in [6.45, 7) is 4.16. The molecule has 0 atom stereocenters. The summed E-state index contributed by atoms with van der Waals surface area (Å²) < 4.78 is 9.84. The molecule has 2 amide bonds. The van der Waals surface area contributed by atoms with Gasteiger partial charge in [0.1, 0.15) is 0 Å². The molecule has 1 aromatic carbocycles. The quantitative estimate of drug-likeness (QED) is 0.209. The van der Waals surface area contributed by atoms with E-state index in [-0.39, 0.29) is 18.0 Å². The van der Waals surface area contributed by atoms with Crippen LogP contribution in [0.4, 0.5) is 0 Å².